The van der Waals surface area contributed by atoms with Crippen molar-refractivity contribution in [1.82, 2.24) is 5.32 Å². The van der Waals surface area contributed by atoms with Crippen molar-refractivity contribution in [1.29, 1.82) is 0 Å². The molecule has 0 aromatic rings. The fraction of sp³-hybridized carbons (Fsp3) is 0.333. The van der Waals surface area contributed by atoms with Gasteiger partial charge in [0.1, 0.15) is 0 Å². The summed E-state index contributed by atoms with van der Waals surface area (Å²) in [4.78, 5) is 14.9. The van der Waals surface area contributed by atoms with Gasteiger partial charge >= 0.3 is 0 Å². The van der Waals surface area contributed by atoms with Gasteiger partial charge < -0.3 is 5.32 Å². The lowest BCUT2D eigenvalue weighted by Crippen LogP contribution is -2.18. The fourth-order valence-corrected chi connectivity index (χ4v) is 0.587. The fourth-order valence-electron chi connectivity index (χ4n) is 0.587. The summed E-state index contributed by atoms with van der Waals surface area (Å²) in [6.45, 7) is 5.48. The highest BCUT2D eigenvalue weighted by Crippen LogP contribution is 1.95. The maximum Gasteiger partial charge on any atom is 0.252 e. The first-order valence-electron chi connectivity index (χ1n) is 3.82. The Morgan fingerprint density at radius 3 is 2.75 bits per heavy atom. The molecule has 0 bridgehead atoms. The SMILES string of the molecule is C=C/C(=C\N=CCC)C(=O)NC. The van der Waals surface area contributed by atoms with Crippen LogP contribution in [0, 0.1) is 0 Å². The zero-order valence-corrected chi connectivity index (χ0v) is 7.50. The van der Waals surface area contributed by atoms with Crippen molar-refractivity contribution in [2.75, 3.05) is 7.05 Å². The first-order chi connectivity index (χ1) is 5.76. The van der Waals surface area contributed by atoms with Gasteiger partial charge in [-0.3, -0.25) is 9.79 Å². The van der Waals surface area contributed by atoms with Gasteiger partial charge in [0.25, 0.3) is 5.91 Å². The average molecular weight is 166 g/mol. The molecular weight excluding hydrogens is 152 g/mol. The molecule has 0 aromatic heterocycles. The van der Waals surface area contributed by atoms with Crippen LogP contribution < -0.4 is 5.32 Å². The molecule has 0 radical (unpaired) electrons. The number of hydrogen-bond donors (Lipinski definition) is 1. The van der Waals surface area contributed by atoms with Crippen LogP contribution in [0.2, 0.25) is 0 Å². The Hall–Kier alpha value is -1.38. The van der Waals surface area contributed by atoms with Gasteiger partial charge in [0.2, 0.25) is 0 Å². The van der Waals surface area contributed by atoms with Crippen LogP contribution in [-0.4, -0.2) is 19.2 Å². The number of rotatable bonds is 4. The van der Waals surface area contributed by atoms with Crippen molar-refractivity contribution in [3.05, 3.63) is 24.4 Å². The Balaban J connectivity index is 4.32. The smallest absolute Gasteiger partial charge is 0.252 e. The minimum Gasteiger partial charge on any atom is -0.355 e. The van der Waals surface area contributed by atoms with Gasteiger partial charge in [-0.05, 0) is 6.42 Å². The molecule has 0 aliphatic heterocycles. The zero-order valence-electron chi connectivity index (χ0n) is 7.50. The number of nitrogens with one attached hydrogen (secondary N) is 1. The highest BCUT2D eigenvalue weighted by molar-refractivity contribution is 5.95. The highest BCUT2D eigenvalue weighted by atomic mass is 16.1. The number of amides is 1. The minimum absolute atomic E-state index is 0.168. The van der Waals surface area contributed by atoms with E-state index in [1.807, 2.05) is 6.92 Å². The molecular formula is C9H14N2O. The van der Waals surface area contributed by atoms with E-state index in [0.717, 1.165) is 6.42 Å². The van der Waals surface area contributed by atoms with Crippen molar-refractivity contribution in [2.45, 2.75) is 13.3 Å². The summed E-state index contributed by atoms with van der Waals surface area (Å²) in [7, 11) is 1.57. The van der Waals surface area contributed by atoms with E-state index < -0.39 is 0 Å². The molecule has 0 aromatic carbocycles. The van der Waals surface area contributed by atoms with Gasteiger partial charge in [-0.15, -0.1) is 0 Å². The number of aliphatic imine (C=N–C) groups is 1. The molecule has 66 valence electrons. The summed E-state index contributed by atoms with van der Waals surface area (Å²) in [6.07, 6.45) is 5.56. The summed E-state index contributed by atoms with van der Waals surface area (Å²) in [5, 5.41) is 2.49. The van der Waals surface area contributed by atoms with E-state index in [4.69, 9.17) is 0 Å². The van der Waals surface area contributed by atoms with E-state index in [1.54, 1.807) is 13.3 Å². The summed E-state index contributed by atoms with van der Waals surface area (Å²) in [5.41, 5.74) is 0.474. The van der Waals surface area contributed by atoms with Gasteiger partial charge in [0.15, 0.2) is 0 Å². The third kappa shape index (κ3) is 3.71. The first kappa shape index (κ1) is 10.6. The van der Waals surface area contributed by atoms with Crippen LogP contribution in [0.1, 0.15) is 13.3 Å². The van der Waals surface area contributed by atoms with Gasteiger partial charge in [-0.2, -0.15) is 0 Å². The zero-order chi connectivity index (χ0) is 9.40. The molecule has 0 heterocycles. The lowest BCUT2D eigenvalue weighted by atomic mass is 10.3. The van der Waals surface area contributed by atoms with E-state index in [1.165, 1.54) is 12.3 Å². The molecule has 3 nitrogen and oxygen atoms in total. The van der Waals surface area contributed by atoms with Crippen molar-refractivity contribution < 1.29 is 4.79 Å². The van der Waals surface area contributed by atoms with Crippen molar-refractivity contribution >= 4 is 12.1 Å². The molecule has 0 atom stereocenters. The van der Waals surface area contributed by atoms with E-state index in [2.05, 4.69) is 16.9 Å². The van der Waals surface area contributed by atoms with Crippen molar-refractivity contribution in [3.8, 4) is 0 Å². The minimum atomic E-state index is -0.168. The van der Waals surface area contributed by atoms with Gasteiger partial charge in [-0.1, -0.05) is 19.6 Å². The summed E-state index contributed by atoms with van der Waals surface area (Å²) >= 11 is 0. The van der Waals surface area contributed by atoms with E-state index in [-0.39, 0.29) is 5.91 Å². The number of likely N-dealkylation sites (N-methyl/N-ethyl adjacent to an activating group) is 1. The first-order valence-corrected chi connectivity index (χ1v) is 3.82. The van der Waals surface area contributed by atoms with Crippen LogP contribution >= 0.6 is 0 Å². The molecule has 3 heteroatoms. The monoisotopic (exact) mass is 166 g/mol. The van der Waals surface area contributed by atoms with Crippen LogP contribution in [-0.2, 0) is 4.79 Å². The molecule has 0 saturated carbocycles. The summed E-state index contributed by atoms with van der Waals surface area (Å²) < 4.78 is 0. The average Bonchev–Trinajstić information content (AvgIpc) is 2.11. The quantitative estimate of drug-likeness (QED) is 0.381. The highest BCUT2D eigenvalue weighted by Gasteiger charge is 1.99. The molecule has 0 saturated heterocycles. The molecule has 0 spiro atoms. The van der Waals surface area contributed by atoms with Crippen LogP contribution in [0.25, 0.3) is 0 Å². The Kier molecular flexibility index (Phi) is 5.61. The van der Waals surface area contributed by atoms with Gasteiger partial charge in [-0.25, -0.2) is 0 Å². The normalized spacial score (nSPS) is 11.7. The maximum absolute atomic E-state index is 11.0. The van der Waals surface area contributed by atoms with Crippen molar-refractivity contribution in [3.63, 3.8) is 0 Å². The molecule has 0 rings (SSSR count). The Morgan fingerprint density at radius 1 is 1.67 bits per heavy atom. The number of nitrogens with zero attached hydrogens (tertiary/aromatic N) is 1. The maximum atomic E-state index is 11.0. The van der Waals surface area contributed by atoms with Crippen LogP contribution in [0.3, 0.4) is 0 Å². The molecule has 0 aliphatic carbocycles. The van der Waals surface area contributed by atoms with Crippen LogP contribution in [0.15, 0.2) is 29.4 Å². The van der Waals surface area contributed by atoms with Gasteiger partial charge in [0.05, 0.1) is 5.57 Å². The lowest BCUT2D eigenvalue weighted by molar-refractivity contribution is -0.116. The van der Waals surface area contributed by atoms with Crippen LogP contribution in [0.5, 0.6) is 0 Å². The molecule has 0 aliphatic rings. The predicted octanol–water partition coefficient (Wildman–Crippen LogP) is 1.28. The molecule has 1 amide bonds. The largest absolute Gasteiger partial charge is 0.355 e. The molecule has 1 N–H and O–H groups in total. The van der Waals surface area contributed by atoms with E-state index in [9.17, 15) is 4.79 Å². The molecule has 0 fully saturated rings. The second-order valence-electron chi connectivity index (χ2n) is 2.11. The standard InChI is InChI=1S/C9H14N2O/c1-4-6-11-7-8(5-2)9(12)10-3/h5-7H,2,4H2,1,3H3,(H,10,12)/b8-7+,11-6?. The topological polar surface area (TPSA) is 41.5 Å². The lowest BCUT2D eigenvalue weighted by Gasteiger charge is -1.96. The summed E-state index contributed by atoms with van der Waals surface area (Å²) in [6, 6.07) is 0. The van der Waals surface area contributed by atoms with E-state index in [0.29, 0.717) is 5.57 Å². The third-order valence-electron chi connectivity index (χ3n) is 1.21. The third-order valence-corrected chi connectivity index (χ3v) is 1.21. The number of hydrogen-bond acceptors (Lipinski definition) is 2. The predicted molar refractivity (Wildman–Crippen MR) is 51.1 cm³/mol. The Labute approximate surface area is 72.9 Å². The summed E-state index contributed by atoms with van der Waals surface area (Å²) in [5.74, 6) is -0.168. The molecule has 12 heavy (non-hydrogen) atoms. The number of carbonyl (C=O) groups excluding carboxylic acids is 1. The second kappa shape index (κ2) is 6.34. The Bertz CT molecular complexity index is 217. The van der Waals surface area contributed by atoms with Crippen LogP contribution in [0.4, 0.5) is 0 Å². The van der Waals surface area contributed by atoms with Gasteiger partial charge in [0, 0.05) is 19.5 Å². The molecule has 0 unspecified atom stereocenters. The van der Waals surface area contributed by atoms with E-state index >= 15 is 0 Å². The Morgan fingerprint density at radius 2 is 2.33 bits per heavy atom. The second-order valence-corrected chi connectivity index (χ2v) is 2.11. The van der Waals surface area contributed by atoms with Crippen molar-refractivity contribution in [2.24, 2.45) is 4.99 Å². The number of carbonyl (C=O) groups is 1.